The summed E-state index contributed by atoms with van der Waals surface area (Å²) < 4.78 is 0. The first kappa shape index (κ1) is 53.3. The lowest BCUT2D eigenvalue weighted by Crippen LogP contribution is -2.60. The van der Waals surface area contributed by atoms with Crippen molar-refractivity contribution in [1.29, 1.82) is 0 Å². The largest absolute Gasteiger partial charge is 0.481 e. The summed E-state index contributed by atoms with van der Waals surface area (Å²) in [6, 6.07) is -10.0. The number of hydrogen-bond acceptors (Lipinski definition) is 13. The number of aliphatic carboxylic acids is 4. The minimum atomic E-state index is -1.90. The van der Waals surface area contributed by atoms with Gasteiger partial charge in [0.1, 0.15) is 36.3 Å². The number of likely N-dealkylation sites (tertiary alicyclic amines) is 1. The highest BCUT2D eigenvalue weighted by Crippen LogP contribution is 2.22. The Morgan fingerprint density at radius 2 is 1.30 bits per heavy atom. The molecule has 61 heavy (non-hydrogen) atoms. The molecule has 24 nitrogen and oxygen atoms in total. The molecule has 0 aromatic carbocycles. The van der Waals surface area contributed by atoms with E-state index in [1.165, 1.54) is 16.7 Å². The van der Waals surface area contributed by atoms with Gasteiger partial charge in [-0.15, -0.1) is 0 Å². The van der Waals surface area contributed by atoms with Crippen molar-refractivity contribution in [2.75, 3.05) is 25.1 Å². The highest BCUT2D eigenvalue weighted by Gasteiger charge is 2.41. The number of carboxylic acids is 4. The van der Waals surface area contributed by atoms with Crippen LogP contribution in [0.15, 0.2) is 4.99 Å². The Hall–Kier alpha value is -5.72. The number of thioether (sulfide) groups is 1. The van der Waals surface area contributed by atoms with Crippen molar-refractivity contribution in [2.45, 2.75) is 127 Å². The summed E-state index contributed by atoms with van der Waals surface area (Å²) in [7, 11) is 0. The molecule has 15 N–H and O–H groups in total. The quantitative estimate of drug-likeness (QED) is 0.0201. The minimum Gasteiger partial charge on any atom is -0.481 e. The highest BCUT2D eigenvalue weighted by molar-refractivity contribution is 7.98. The molecule has 1 aliphatic rings. The van der Waals surface area contributed by atoms with Crippen LogP contribution in [0.25, 0.3) is 0 Å². The SMILES string of the molecule is CC[C@H](C)[C@H](NC(=O)[C@@H](N)CCC(=O)O)C(=O)N1CCC[C@H]1C(=O)N[C@@H](CCC(=O)O)C(=O)N[C@@H](CC(=O)O)C(=O)N[C@@H](CCCN=C(N)N)C(=O)N[C@@H](CCSC)C(=O)O. The summed E-state index contributed by atoms with van der Waals surface area (Å²) >= 11 is 1.33. The first-order valence-corrected chi connectivity index (χ1v) is 21.0. The van der Waals surface area contributed by atoms with Crippen molar-refractivity contribution in [3.8, 4) is 0 Å². The predicted molar refractivity (Wildman–Crippen MR) is 218 cm³/mol. The smallest absolute Gasteiger partial charge is 0.326 e. The molecule has 0 unspecified atom stereocenters. The molecule has 1 fully saturated rings. The molecule has 0 spiro atoms. The highest BCUT2D eigenvalue weighted by atomic mass is 32.2. The zero-order chi connectivity index (χ0) is 46.4. The van der Waals surface area contributed by atoms with Crippen LogP contribution in [0.3, 0.4) is 0 Å². The molecule has 0 aromatic rings. The summed E-state index contributed by atoms with van der Waals surface area (Å²) in [6.07, 6.45) is -0.349. The fraction of sp³-hybridized carbons (Fsp3) is 0.694. The van der Waals surface area contributed by atoms with Crippen LogP contribution in [0, 0.1) is 5.92 Å². The Bertz CT molecular complexity index is 1610. The summed E-state index contributed by atoms with van der Waals surface area (Å²) in [5, 5.41) is 49.5. The monoisotopic (exact) mass is 888 g/mol. The fourth-order valence-corrected chi connectivity index (χ4v) is 6.58. The Kier molecular flexibility index (Phi) is 23.8. The Balaban J connectivity index is 3.35. The van der Waals surface area contributed by atoms with E-state index < -0.39 is 133 Å². The summed E-state index contributed by atoms with van der Waals surface area (Å²) in [6.45, 7) is 3.49. The molecule has 1 rings (SSSR count). The van der Waals surface area contributed by atoms with Crippen LogP contribution in [0.2, 0.25) is 0 Å². The number of nitrogens with zero attached hydrogens (tertiary/aromatic N) is 2. The van der Waals surface area contributed by atoms with Gasteiger partial charge in [-0.25, -0.2) is 4.79 Å². The van der Waals surface area contributed by atoms with Gasteiger partial charge in [-0.3, -0.25) is 48.1 Å². The predicted octanol–water partition coefficient (Wildman–Crippen LogP) is -3.13. The topological polar surface area (TPSA) is 405 Å². The van der Waals surface area contributed by atoms with Crippen LogP contribution in [-0.2, 0) is 47.9 Å². The number of guanidine groups is 1. The van der Waals surface area contributed by atoms with Gasteiger partial charge in [0.2, 0.25) is 35.4 Å². The molecule has 0 radical (unpaired) electrons. The number of rotatable bonds is 29. The molecule has 6 amide bonds. The van der Waals surface area contributed by atoms with Crippen molar-refractivity contribution >= 4 is 77.0 Å². The molecule has 0 aliphatic carbocycles. The molecular weight excluding hydrogens is 829 g/mol. The first-order valence-electron chi connectivity index (χ1n) is 19.6. The number of carboxylic acid groups (broad SMARTS) is 4. The van der Waals surface area contributed by atoms with Crippen LogP contribution in [0.4, 0.5) is 0 Å². The third kappa shape index (κ3) is 19.5. The van der Waals surface area contributed by atoms with E-state index in [0.29, 0.717) is 18.6 Å². The van der Waals surface area contributed by atoms with Crippen LogP contribution >= 0.6 is 11.8 Å². The molecule has 25 heteroatoms. The Labute approximate surface area is 356 Å². The number of hydrogen-bond donors (Lipinski definition) is 12. The van der Waals surface area contributed by atoms with Crippen molar-refractivity contribution in [3.63, 3.8) is 0 Å². The molecule has 0 saturated carbocycles. The van der Waals surface area contributed by atoms with E-state index in [9.17, 15) is 63.3 Å². The van der Waals surface area contributed by atoms with Gasteiger partial charge in [-0.1, -0.05) is 20.3 Å². The third-order valence-corrected chi connectivity index (χ3v) is 10.4. The number of aliphatic imine (C=N–C) groups is 1. The van der Waals surface area contributed by atoms with Crippen LogP contribution in [0.1, 0.15) is 84.5 Å². The van der Waals surface area contributed by atoms with Gasteiger partial charge in [-0.2, -0.15) is 11.8 Å². The van der Waals surface area contributed by atoms with Gasteiger partial charge < -0.3 is 69.1 Å². The first-order chi connectivity index (χ1) is 28.6. The molecule has 1 heterocycles. The van der Waals surface area contributed by atoms with Gasteiger partial charge >= 0.3 is 23.9 Å². The molecule has 0 bridgehead atoms. The standard InChI is InChI=1S/C36H60N10O14S/c1-4-18(2)28(45-29(53)19(37)9-11-25(47)48)34(58)46-15-6-8-24(46)33(57)42-21(10-12-26(49)50)31(55)44-23(17-27(51)52)32(56)41-20(7-5-14-40-36(38)39)30(54)43-22(35(59)60)13-16-61-3/h18-24,28H,4-17,37H2,1-3H3,(H,41,56)(H,42,57)(H,43,54)(H,44,55)(H,45,53)(H,47,48)(H,49,50)(H,51,52)(H,59,60)(H4,38,39,40)/t18-,19-,20-,21-,22-,23-,24-,28-/m0/s1. The third-order valence-electron chi connectivity index (χ3n) is 9.72. The fourth-order valence-electron chi connectivity index (χ4n) is 6.11. The Morgan fingerprint density at radius 1 is 0.738 bits per heavy atom. The molecule has 1 saturated heterocycles. The molecular formula is C36H60N10O14S. The van der Waals surface area contributed by atoms with E-state index >= 15 is 0 Å². The zero-order valence-corrected chi connectivity index (χ0v) is 35.2. The maximum atomic E-state index is 13.9. The van der Waals surface area contributed by atoms with E-state index in [-0.39, 0.29) is 51.2 Å². The second-order valence-corrected chi connectivity index (χ2v) is 15.4. The Morgan fingerprint density at radius 3 is 1.84 bits per heavy atom. The lowest BCUT2D eigenvalue weighted by molar-refractivity contribution is -0.144. The van der Waals surface area contributed by atoms with Crippen LogP contribution < -0.4 is 43.8 Å². The van der Waals surface area contributed by atoms with Gasteiger partial charge in [-0.05, 0) is 62.9 Å². The van der Waals surface area contributed by atoms with E-state index in [4.69, 9.17) is 22.3 Å². The number of amides is 6. The van der Waals surface area contributed by atoms with E-state index in [2.05, 4.69) is 31.6 Å². The second-order valence-electron chi connectivity index (χ2n) is 14.4. The van der Waals surface area contributed by atoms with Crippen molar-refractivity contribution in [3.05, 3.63) is 0 Å². The van der Waals surface area contributed by atoms with Crippen molar-refractivity contribution < 1.29 is 68.4 Å². The lowest BCUT2D eigenvalue weighted by Gasteiger charge is -2.32. The van der Waals surface area contributed by atoms with Gasteiger partial charge in [0, 0.05) is 25.9 Å². The average molecular weight is 889 g/mol. The summed E-state index contributed by atoms with van der Waals surface area (Å²) in [5.74, 6) is -11.5. The molecule has 344 valence electrons. The molecule has 1 aliphatic heterocycles. The number of carbonyl (C=O) groups excluding carboxylic acids is 6. The maximum Gasteiger partial charge on any atom is 0.326 e. The number of carbonyl (C=O) groups is 10. The van der Waals surface area contributed by atoms with Crippen molar-refractivity contribution in [2.24, 2.45) is 28.1 Å². The van der Waals surface area contributed by atoms with Crippen molar-refractivity contribution in [1.82, 2.24) is 31.5 Å². The summed E-state index contributed by atoms with van der Waals surface area (Å²) in [4.78, 5) is 132. The van der Waals surface area contributed by atoms with Crippen LogP contribution in [-0.4, -0.2) is 158 Å². The van der Waals surface area contributed by atoms with Gasteiger partial charge in [0.15, 0.2) is 5.96 Å². The number of nitrogens with one attached hydrogen (secondary N) is 5. The lowest BCUT2D eigenvalue weighted by atomic mass is 9.96. The van der Waals surface area contributed by atoms with Gasteiger partial charge in [0.05, 0.1) is 12.5 Å². The average Bonchev–Trinajstić information content (AvgIpc) is 3.69. The molecule has 0 aromatic heterocycles. The van der Waals surface area contributed by atoms with E-state index in [1.54, 1.807) is 20.1 Å². The minimum absolute atomic E-state index is 0.00321. The van der Waals surface area contributed by atoms with E-state index in [0.717, 1.165) is 0 Å². The second kappa shape index (κ2) is 27.2. The summed E-state index contributed by atoms with van der Waals surface area (Å²) in [5.41, 5.74) is 16.6. The molecule has 8 atom stereocenters. The zero-order valence-electron chi connectivity index (χ0n) is 34.4. The number of nitrogens with two attached hydrogens (primary N) is 3. The van der Waals surface area contributed by atoms with Gasteiger partial charge in [0.25, 0.3) is 0 Å². The normalized spacial score (nSPS) is 16.9. The van der Waals surface area contributed by atoms with E-state index in [1.807, 2.05) is 0 Å². The van der Waals surface area contributed by atoms with Crippen LogP contribution in [0.5, 0.6) is 0 Å². The maximum absolute atomic E-state index is 13.9.